The number of nitrogens with one attached hydrogen (secondary N) is 1. The molecular weight excluding hydrogens is 344 g/mol. The van der Waals surface area contributed by atoms with Crippen molar-refractivity contribution in [1.29, 1.82) is 0 Å². The maximum Gasteiger partial charge on any atom is 0.237 e. The standard InChI is InChI=1S/C20H30N4O3/c1-3-27-17-6-4-16(5-7-17)15-24-9-8-21-20(26)18(24)14-19(25)23-12-10-22(2)11-13-23/h4-7,18H,3,8-15H2,1-2H3,(H,21,26)/t18-/m1/s1. The molecule has 1 aromatic carbocycles. The molecule has 0 aliphatic carbocycles. The largest absolute Gasteiger partial charge is 0.494 e. The van der Waals surface area contributed by atoms with E-state index in [2.05, 4.69) is 22.2 Å². The normalized spacial score (nSPS) is 21.8. The first-order chi connectivity index (χ1) is 13.1. The number of ether oxygens (including phenoxy) is 1. The zero-order chi connectivity index (χ0) is 19.2. The van der Waals surface area contributed by atoms with Crippen LogP contribution in [-0.4, -0.2) is 85.5 Å². The van der Waals surface area contributed by atoms with Crippen LogP contribution in [0.25, 0.3) is 0 Å². The molecule has 0 spiro atoms. The van der Waals surface area contributed by atoms with Crippen LogP contribution >= 0.6 is 0 Å². The molecule has 1 atom stereocenters. The summed E-state index contributed by atoms with van der Waals surface area (Å²) in [6.07, 6.45) is 0.243. The summed E-state index contributed by atoms with van der Waals surface area (Å²) in [5.41, 5.74) is 1.12. The SMILES string of the molecule is CCOc1ccc(CN2CCNC(=O)[C@H]2CC(=O)N2CCN(C)CC2)cc1. The van der Waals surface area contributed by atoms with E-state index < -0.39 is 6.04 Å². The minimum Gasteiger partial charge on any atom is -0.494 e. The predicted molar refractivity (Wildman–Crippen MR) is 104 cm³/mol. The Balaban J connectivity index is 1.62. The van der Waals surface area contributed by atoms with Crippen LogP contribution in [0.5, 0.6) is 5.75 Å². The fraction of sp³-hybridized carbons (Fsp3) is 0.600. The third-order valence-electron chi connectivity index (χ3n) is 5.29. The molecule has 0 saturated carbocycles. The fourth-order valence-electron chi connectivity index (χ4n) is 3.62. The Morgan fingerprint density at radius 1 is 1.15 bits per heavy atom. The molecule has 0 unspecified atom stereocenters. The molecule has 27 heavy (non-hydrogen) atoms. The average Bonchev–Trinajstić information content (AvgIpc) is 2.67. The van der Waals surface area contributed by atoms with E-state index in [0.29, 0.717) is 19.7 Å². The number of likely N-dealkylation sites (N-methyl/N-ethyl adjacent to an activating group) is 1. The number of nitrogens with zero attached hydrogens (tertiary/aromatic N) is 3. The van der Waals surface area contributed by atoms with Gasteiger partial charge in [0.15, 0.2) is 0 Å². The van der Waals surface area contributed by atoms with Crippen molar-refractivity contribution < 1.29 is 14.3 Å². The summed E-state index contributed by atoms with van der Waals surface area (Å²) in [5, 5.41) is 2.91. The first kappa shape index (κ1) is 19.6. The summed E-state index contributed by atoms with van der Waals surface area (Å²) >= 11 is 0. The molecule has 2 aliphatic heterocycles. The number of carbonyl (C=O) groups is 2. The van der Waals surface area contributed by atoms with Crippen LogP contribution in [0.1, 0.15) is 18.9 Å². The summed E-state index contributed by atoms with van der Waals surface area (Å²) in [6.45, 7) is 7.88. The van der Waals surface area contributed by atoms with Crippen LogP contribution in [0.15, 0.2) is 24.3 Å². The monoisotopic (exact) mass is 374 g/mol. The fourth-order valence-corrected chi connectivity index (χ4v) is 3.62. The molecule has 1 N–H and O–H groups in total. The van der Waals surface area contributed by atoms with Crippen molar-refractivity contribution >= 4 is 11.8 Å². The minimum atomic E-state index is -0.405. The number of rotatable bonds is 6. The maximum absolute atomic E-state index is 12.7. The van der Waals surface area contributed by atoms with Gasteiger partial charge in [-0.25, -0.2) is 0 Å². The smallest absolute Gasteiger partial charge is 0.237 e. The van der Waals surface area contributed by atoms with E-state index in [1.807, 2.05) is 36.1 Å². The van der Waals surface area contributed by atoms with E-state index in [-0.39, 0.29) is 18.2 Å². The van der Waals surface area contributed by atoms with Crippen LogP contribution in [0.4, 0.5) is 0 Å². The van der Waals surface area contributed by atoms with Gasteiger partial charge in [-0.1, -0.05) is 12.1 Å². The van der Waals surface area contributed by atoms with Gasteiger partial charge in [-0.3, -0.25) is 14.5 Å². The lowest BCUT2D eigenvalue weighted by molar-refractivity contribution is -0.140. The number of hydrogen-bond acceptors (Lipinski definition) is 5. The lowest BCUT2D eigenvalue weighted by Gasteiger charge is -2.37. The highest BCUT2D eigenvalue weighted by Gasteiger charge is 2.33. The van der Waals surface area contributed by atoms with E-state index in [4.69, 9.17) is 4.74 Å². The molecule has 3 rings (SSSR count). The van der Waals surface area contributed by atoms with Crippen LogP contribution < -0.4 is 10.1 Å². The van der Waals surface area contributed by atoms with Crippen molar-refractivity contribution in [2.24, 2.45) is 0 Å². The van der Waals surface area contributed by atoms with E-state index in [0.717, 1.165) is 44.0 Å². The first-order valence-corrected chi connectivity index (χ1v) is 9.76. The van der Waals surface area contributed by atoms with Gasteiger partial charge in [-0.2, -0.15) is 0 Å². The van der Waals surface area contributed by atoms with Gasteiger partial charge < -0.3 is 19.9 Å². The maximum atomic E-state index is 12.7. The van der Waals surface area contributed by atoms with E-state index in [9.17, 15) is 9.59 Å². The molecular formula is C20H30N4O3. The summed E-state index contributed by atoms with van der Waals surface area (Å²) < 4.78 is 5.49. The number of hydrogen-bond donors (Lipinski definition) is 1. The second-order valence-corrected chi connectivity index (χ2v) is 7.24. The zero-order valence-electron chi connectivity index (χ0n) is 16.3. The van der Waals surface area contributed by atoms with E-state index in [1.165, 1.54) is 0 Å². The quantitative estimate of drug-likeness (QED) is 0.788. The topological polar surface area (TPSA) is 65.1 Å². The summed E-state index contributed by atoms with van der Waals surface area (Å²) in [4.78, 5) is 31.4. The molecule has 2 saturated heterocycles. The Kier molecular flexibility index (Phi) is 6.68. The van der Waals surface area contributed by atoms with Crippen molar-refractivity contribution in [2.75, 3.05) is 52.9 Å². The second-order valence-electron chi connectivity index (χ2n) is 7.24. The molecule has 0 radical (unpaired) electrons. The summed E-state index contributed by atoms with van der Waals surface area (Å²) in [5.74, 6) is 0.871. The summed E-state index contributed by atoms with van der Waals surface area (Å²) in [6, 6.07) is 7.55. The van der Waals surface area contributed by atoms with Crippen LogP contribution in [0.2, 0.25) is 0 Å². The van der Waals surface area contributed by atoms with Crippen LogP contribution in [-0.2, 0) is 16.1 Å². The Hall–Kier alpha value is -2.12. The Labute approximate surface area is 161 Å². The molecule has 2 aliphatic rings. The molecule has 7 nitrogen and oxygen atoms in total. The Bertz CT molecular complexity index is 641. The van der Waals surface area contributed by atoms with Crippen LogP contribution in [0.3, 0.4) is 0 Å². The van der Waals surface area contributed by atoms with Crippen molar-refractivity contribution in [2.45, 2.75) is 25.9 Å². The summed E-state index contributed by atoms with van der Waals surface area (Å²) in [7, 11) is 2.06. The van der Waals surface area contributed by atoms with Gasteiger partial charge in [0.25, 0.3) is 0 Å². The molecule has 148 valence electrons. The Morgan fingerprint density at radius 2 is 1.85 bits per heavy atom. The van der Waals surface area contributed by atoms with Gasteiger partial charge >= 0.3 is 0 Å². The van der Waals surface area contributed by atoms with Gasteiger partial charge in [-0.05, 0) is 31.7 Å². The Morgan fingerprint density at radius 3 is 2.52 bits per heavy atom. The number of amides is 2. The highest BCUT2D eigenvalue weighted by molar-refractivity contribution is 5.88. The van der Waals surface area contributed by atoms with Gasteiger partial charge in [0.05, 0.1) is 19.1 Å². The third-order valence-corrected chi connectivity index (χ3v) is 5.29. The first-order valence-electron chi connectivity index (χ1n) is 9.76. The highest BCUT2D eigenvalue weighted by Crippen LogP contribution is 2.18. The van der Waals surface area contributed by atoms with Gasteiger partial charge in [0.1, 0.15) is 5.75 Å². The van der Waals surface area contributed by atoms with E-state index >= 15 is 0 Å². The lowest BCUT2D eigenvalue weighted by atomic mass is 10.1. The van der Waals surface area contributed by atoms with Gasteiger partial charge in [-0.15, -0.1) is 0 Å². The van der Waals surface area contributed by atoms with Crippen molar-refractivity contribution in [1.82, 2.24) is 20.0 Å². The minimum absolute atomic E-state index is 0.0466. The molecule has 2 heterocycles. The lowest BCUT2D eigenvalue weighted by Crippen LogP contribution is -2.57. The van der Waals surface area contributed by atoms with Crippen molar-refractivity contribution in [3.05, 3.63) is 29.8 Å². The number of piperazine rings is 2. The average molecular weight is 374 g/mol. The third kappa shape index (κ3) is 5.20. The number of carbonyl (C=O) groups excluding carboxylic acids is 2. The molecule has 1 aromatic rings. The molecule has 7 heteroatoms. The van der Waals surface area contributed by atoms with E-state index in [1.54, 1.807) is 0 Å². The molecule has 0 aromatic heterocycles. The van der Waals surface area contributed by atoms with Crippen molar-refractivity contribution in [3.8, 4) is 5.75 Å². The second kappa shape index (κ2) is 9.19. The molecule has 2 fully saturated rings. The molecule has 2 amide bonds. The zero-order valence-corrected chi connectivity index (χ0v) is 16.3. The van der Waals surface area contributed by atoms with Gasteiger partial charge in [0, 0.05) is 45.8 Å². The van der Waals surface area contributed by atoms with Crippen molar-refractivity contribution in [3.63, 3.8) is 0 Å². The van der Waals surface area contributed by atoms with Gasteiger partial charge in [0.2, 0.25) is 11.8 Å². The van der Waals surface area contributed by atoms with Crippen LogP contribution in [0, 0.1) is 0 Å². The predicted octanol–water partition coefficient (Wildman–Crippen LogP) is 0.550. The highest BCUT2D eigenvalue weighted by atomic mass is 16.5. The number of benzene rings is 1. The molecule has 0 bridgehead atoms.